The Balaban J connectivity index is 1.70. The van der Waals surface area contributed by atoms with Crippen LogP contribution in [0.2, 0.25) is 0 Å². The van der Waals surface area contributed by atoms with Gasteiger partial charge in [0.15, 0.2) is 0 Å². The van der Waals surface area contributed by atoms with Crippen molar-refractivity contribution in [2.75, 3.05) is 0 Å². The third-order valence-electron chi connectivity index (χ3n) is 5.54. The molecule has 0 N–H and O–H groups in total. The molecule has 1 saturated heterocycles. The molecule has 7 heteroatoms. The molecule has 0 aliphatic carbocycles. The van der Waals surface area contributed by atoms with E-state index in [1.165, 1.54) is 11.0 Å². The number of nitrogens with zero attached hydrogens (tertiary/aromatic N) is 3. The van der Waals surface area contributed by atoms with E-state index in [1.54, 1.807) is 24.0 Å². The van der Waals surface area contributed by atoms with Crippen molar-refractivity contribution >= 4 is 17.6 Å². The summed E-state index contributed by atoms with van der Waals surface area (Å²) in [6.07, 6.45) is 0. The van der Waals surface area contributed by atoms with Crippen LogP contribution in [0.4, 0.5) is 10.5 Å². The highest BCUT2D eigenvalue weighted by molar-refractivity contribution is 6.04. The molecule has 3 aromatic rings. The molecule has 3 aromatic carbocycles. The van der Waals surface area contributed by atoms with E-state index in [2.05, 4.69) is 0 Å². The second-order valence-corrected chi connectivity index (χ2v) is 7.45. The number of hydrogen-bond acceptors (Lipinski definition) is 4. The van der Waals surface area contributed by atoms with E-state index >= 15 is 0 Å². The summed E-state index contributed by atoms with van der Waals surface area (Å²) in [5.74, 6) is -0.335. The van der Waals surface area contributed by atoms with Crippen LogP contribution in [0.25, 0.3) is 0 Å². The molecule has 31 heavy (non-hydrogen) atoms. The largest absolute Gasteiger partial charge is 0.328 e. The van der Waals surface area contributed by atoms with Gasteiger partial charge in [-0.15, -0.1) is 0 Å². The molecule has 0 bridgehead atoms. The molecule has 0 aromatic heterocycles. The van der Waals surface area contributed by atoms with E-state index in [1.807, 2.05) is 60.7 Å². The Morgan fingerprint density at radius 3 is 2.16 bits per heavy atom. The first-order chi connectivity index (χ1) is 15.0. The highest BCUT2D eigenvalue weighted by Crippen LogP contribution is 2.34. The van der Waals surface area contributed by atoms with Crippen molar-refractivity contribution in [2.45, 2.75) is 26.1 Å². The average Bonchev–Trinajstić information content (AvgIpc) is 3.00. The quantitative estimate of drug-likeness (QED) is 0.334. The van der Waals surface area contributed by atoms with Gasteiger partial charge < -0.3 is 4.90 Å². The maximum Gasteiger partial charge on any atom is 0.328 e. The van der Waals surface area contributed by atoms with Gasteiger partial charge in [-0.05, 0) is 23.6 Å². The highest BCUT2D eigenvalue weighted by Gasteiger charge is 2.45. The van der Waals surface area contributed by atoms with Crippen LogP contribution in [0.1, 0.15) is 28.3 Å². The molecule has 3 amide bonds. The van der Waals surface area contributed by atoms with Crippen molar-refractivity contribution in [3.05, 3.63) is 111 Å². The van der Waals surface area contributed by atoms with Gasteiger partial charge in [0.1, 0.15) is 6.04 Å². The molecule has 1 aliphatic heterocycles. The van der Waals surface area contributed by atoms with Gasteiger partial charge in [-0.25, -0.2) is 4.79 Å². The van der Waals surface area contributed by atoms with Gasteiger partial charge in [-0.2, -0.15) is 0 Å². The number of urea groups is 1. The number of amides is 3. The summed E-state index contributed by atoms with van der Waals surface area (Å²) < 4.78 is 0. The van der Waals surface area contributed by atoms with Crippen LogP contribution in [-0.2, 0) is 17.9 Å². The monoisotopic (exact) mass is 415 g/mol. The summed E-state index contributed by atoms with van der Waals surface area (Å²) in [5, 5.41) is 11.3. The second kappa shape index (κ2) is 8.39. The third kappa shape index (κ3) is 3.90. The van der Waals surface area contributed by atoms with Gasteiger partial charge >= 0.3 is 6.03 Å². The van der Waals surface area contributed by atoms with E-state index in [0.29, 0.717) is 11.1 Å². The molecule has 1 heterocycles. The van der Waals surface area contributed by atoms with Gasteiger partial charge in [0.05, 0.1) is 11.5 Å². The lowest BCUT2D eigenvalue weighted by atomic mass is 10.0. The first kappa shape index (κ1) is 20.3. The number of rotatable bonds is 6. The van der Waals surface area contributed by atoms with Crippen molar-refractivity contribution < 1.29 is 14.5 Å². The lowest BCUT2D eigenvalue weighted by Gasteiger charge is -2.22. The Labute approximate surface area is 179 Å². The maximum atomic E-state index is 13.4. The fourth-order valence-electron chi connectivity index (χ4n) is 3.89. The van der Waals surface area contributed by atoms with Gasteiger partial charge in [0.2, 0.25) is 0 Å². The van der Waals surface area contributed by atoms with Gasteiger partial charge in [0.25, 0.3) is 11.6 Å². The molecule has 156 valence electrons. The van der Waals surface area contributed by atoms with E-state index in [4.69, 9.17) is 0 Å². The van der Waals surface area contributed by atoms with Gasteiger partial charge in [0, 0.05) is 18.2 Å². The zero-order valence-corrected chi connectivity index (χ0v) is 17.0. The van der Waals surface area contributed by atoms with Gasteiger partial charge in [-0.3, -0.25) is 19.8 Å². The van der Waals surface area contributed by atoms with Crippen molar-refractivity contribution in [3.63, 3.8) is 0 Å². The molecule has 1 fully saturated rings. The minimum atomic E-state index is -0.743. The minimum absolute atomic E-state index is 0.0141. The number of carbonyl (C=O) groups is 2. The van der Waals surface area contributed by atoms with E-state index in [9.17, 15) is 19.7 Å². The number of imide groups is 1. The van der Waals surface area contributed by atoms with E-state index in [0.717, 1.165) is 11.1 Å². The molecular weight excluding hydrogens is 394 g/mol. The third-order valence-corrected chi connectivity index (χ3v) is 5.54. The Hall–Kier alpha value is -4.00. The number of nitro groups is 1. The predicted octanol–water partition coefficient (Wildman–Crippen LogP) is 4.61. The Kier molecular flexibility index (Phi) is 5.49. The van der Waals surface area contributed by atoms with Gasteiger partial charge in [-0.1, -0.05) is 72.8 Å². The van der Waals surface area contributed by atoms with Crippen molar-refractivity contribution in [1.29, 1.82) is 0 Å². The van der Waals surface area contributed by atoms with Crippen LogP contribution in [0.15, 0.2) is 78.9 Å². The molecule has 1 aliphatic rings. The Bertz CT molecular complexity index is 1130. The highest BCUT2D eigenvalue weighted by atomic mass is 16.6. The number of carbonyl (C=O) groups excluding carboxylic acids is 2. The number of nitro benzene ring substituents is 1. The normalized spacial score (nSPS) is 16.1. The Morgan fingerprint density at radius 2 is 1.52 bits per heavy atom. The maximum absolute atomic E-state index is 13.4. The molecule has 0 radical (unpaired) electrons. The van der Waals surface area contributed by atoms with Crippen LogP contribution in [0, 0.1) is 17.0 Å². The fourth-order valence-corrected chi connectivity index (χ4v) is 3.89. The van der Waals surface area contributed by atoms with Crippen LogP contribution in [0.5, 0.6) is 0 Å². The Morgan fingerprint density at radius 1 is 0.871 bits per heavy atom. The number of hydrogen-bond donors (Lipinski definition) is 0. The van der Waals surface area contributed by atoms with Crippen LogP contribution >= 0.6 is 0 Å². The van der Waals surface area contributed by atoms with Crippen LogP contribution in [0.3, 0.4) is 0 Å². The smallest absolute Gasteiger partial charge is 0.304 e. The second-order valence-electron chi connectivity index (χ2n) is 7.45. The molecule has 7 nitrogen and oxygen atoms in total. The fraction of sp³-hybridized carbons (Fsp3) is 0.167. The summed E-state index contributed by atoms with van der Waals surface area (Å²) in [5.41, 5.74) is 2.64. The average molecular weight is 415 g/mol. The van der Waals surface area contributed by atoms with E-state index in [-0.39, 0.29) is 24.7 Å². The van der Waals surface area contributed by atoms with Crippen LogP contribution < -0.4 is 0 Å². The topological polar surface area (TPSA) is 83.8 Å². The standard InChI is InChI=1S/C24H21N3O4/c1-17-20(13-8-14-21(17)27(30)31)16-26-23(28)22(19-11-6-3-7-12-19)25(24(26)29)15-18-9-4-2-5-10-18/h2-14,22H,15-16H2,1H3. The van der Waals surface area contributed by atoms with Crippen molar-refractivity contribution in [3.8, 4) is 0 Å². The summed E-state index contributed by atoms with van der Waals surface area (Å²) in [6.45, 7) is 1.91. The van der Waals surface area contributed by atoms with Crippen molar-refractivity contribution in [1.82, 2.24) is 9.80 Å². The lowest BCUT2D eigenvalue weighted by Crippen LogP contribution is -2.32. The summed E-state index contributed by atoms with van der Waals surface area (Å²) in [4.78, 5) is 40.3. The summed E-state index contributed by atoms with van der Waals surface area (Å²) in [6, 6.07) is 22.2. The molecule has 4 rings (SSSR count). The molecule has 1 unspecified atom stereocenters. The SMILES string of the molecule is Cc1c(CN2C(=O)C(c3ccccc3)N(Cc3ccccc3)C2=O)cccc1[N+](=O)[O-]. The van der Waals surface area contributed by atoms with Crippen LogP contribution in [-0.4, -0.2) is 26.7 Å². The molecule has 0 spiro atoms. The number of benzene rings is 3. The van der Waals surface area contributed by atoms with Crippen molar-refractivity contribution in [2.24, 2.45) is 0 Å². The summed E-state index contributed by atoms with van der Waals surface area (Å²) >= 11 is 0. The molecule has 0 saturated carbocycles. The first-order valence-corrected chi connectivity index (χ1v) is 9.91. The first-order valence-electron chi connectivity index (χ1n) is 9.91. The van der Waals surface area contributed by atoms with E-state index < -0.39 is 17.0 Å². The molecule has 1 atom stereocenters. The predicted molar refractivity (Wildman–Crippen MR) is 115 cm³/mol. The lowest BCUT2D eigenvalue weighted by molar-refractivity contribution is -0.385. The molecular formula is C24H21N3O4. The zero-order valence-electron chi connectivity index (χ0n) is 17.0. The minimum Gasteiger partial charge on any atom is -0.304 e. The zero-order chi connectivity index (χ0) is 22.0. The summed E-state index contributed by atoms with van der Waals surface area (Å²) in [7, 11) is 0.